The van der Waals surface area contributed by atoms with E-state index in [1.165, 1.54) is 0 Å². The molecule has 3 atom stereocenters. The summed E-state index contributed by atoms with van der Waals surface area (Å²) in [6, 6.07) is 9.98. The lowest BCUT2D eigenvalue weighted by Gasteiger charge is -2.38. The molecule has 0 spiro atoms. The normalized spacial score (nSPS) is 26.0. The topological polar surface area (TPSA) is 40.5 Å². The van der Waals surface area contributed by atoms with E-state index in [1.807, 2.05) is 42.1 Å². The average molecular weight is 279 g/mol. The molecule has 1 aliphatic heterocycles. The maximum absolute atomic E-state index is 11.5. The van der Waals surface area contributed by atoms with Crippen LogP contribution in [0.1, 0.15) is 25.3 Å². The number of carboxylic acid groups (broad SMARTS) is 1. The molecule has 0 bridgehead atoms. The molecule has 1 N–H and O–H groups in total. The second-order valence-electron chi connectivity index (χ2n) is 5.11. The lowest BCUT2D eigenvalue weighted by molar-refractivity contribution is -0.139. The predicted octanol–water partition coefficient (Wildman–Crippen LogP) is 2.68. The molecular weight excluding hydrogens is 258 g/mol. The summed E-state index contributed by atoms with van der Waals surface area (Å²) in [5.41, 5.74) is 0.896. The van der Waals surface area contributed by atoms with Crippen LogP contribution in [0, 0.1) is 0 Å². The quantitative estimate of drug-likeness (QED) is 0.920. The SMILES string of the molecule is CC1SCCN(CC(C(=O)O)c2ccccc2)C1C. The van der Waals surface area contributed by atoms with E-state index in [0.717, 1.165) is 17.9 Å². The Bertz CT molecular complexity index is 423. The number of carbonyl (C=O) groups is 1. The zero-order valence-electron chi connectivity index (χ0n) is 11.5. The maximum atomic E-state index is 11.5. The number of thioether (sulfide) groups is 1. The minimum absolute atomic E-state index is 0.432. The molecule has 1 heterocycles. The van der Waals surface area contributed by atoms with Gasteiger partial charge >= 0.3 is 5.97 Å². The van der Waals surface area contributed by atoms with E-state index < -0.39 is 11.9 Å². The van der Waals surface area contributed by atoms with Crippen LogP contribution in [0.4, 0.5) is 0 Å². The molecule has 1 aliphatic rings. The van der Waals surface area contributed by atoms with Crippen LogP contribution in [0.25, 0.3) is 0 Å². The van der Waals surface area contributed by atoms with Crippen LogP contribution in [0.3, 0.4) is 0 Å². The molecule has 1 aromatic rings. The zero-order valence-corrected chi connectivity index (χ0v) is 12.3. The van der Waals surface area contributed by atoms with Gasteiger partial charge < -0.3 is 5.11 Å². The van der Waals surface area contributed by atoms with Crippen LogP contribution in [0.2, 0.25) is 0 Å². The molecule has 3 unspecified atom stereocenters. The van der Waals surface area contributed by atoms with Gasteiger partial charge in [-0.25, -0.2) is 0 Å². The molecule has 2 rings (SSSR count). The summed E-state index contributed by atoms with van der Waals surface area (Å²) in [5, 5.41) is 10.0. The number of carboxylic acids is 1. The summed E-state index contributed by atoms with van der Waals surface area (Å²) in [6.07, 6.45) is 0. The van der Waals surface area contributed by atoms with Gasteiger partial charge in [0.25, 0.3) is 0 Å². The molecule has 0 radical (unpaired) electrons. The molecule has 0 aliphatic carbocycles. The maximum Gasteiger partial charge on any atom is 0.312 e. The van der Waals surface area contributed by atoms with Gasteiger partial charge in [0.2, 0.25) is 0 Å². The van der Waals surface area contributed by atoms with Gasteiger partial charge in [-0.05, 0) is 12.5 Å². The Morgan fingerprint density at radius 3 is 2.74 bits per heavy atom. The number of nitrogens with zero attached hydrogens (tertiary/aromatic N) is 1. The van der Waals surface area contributed by atoms with E-state index in [2.05, 4.69) is 18.7 Å². The van der Waals surface area contributed by atoms with Gasteiger partial charge in [-0.1, -0.05) is 37.3 Å². The molecule has 0 saturated carbocycles. The Kier molecular flexibility index (Phi) is 4.88. The van der Waals surface area contributed by atoms with Gasteiger partial charge in [-0.15, -0.1) is 0 Å². The van der Waals surface area contributed by atoms with E-state index in [-0.39, 0.29) is 0 Å². The van der Waals surface area contributed by atoms with Crippen molar-refractivity contribution in [1.29, 1.82) is 0 Å². The van der Waals surface area contributed by atoms with Crippen LogP contribution in [0.5, 0.6) is 0 Å². The Morgan fingerprint density at radius 2 is 2.11 bits per heavy atom. The van der Waals surface area contributed by atoms with Gasteiger partial charge in [0, 0.05) is 30.1 Å². The lowest BCUT2D eigenvalue weighted by Crippen LogP contribution is -2.47. The molecule has 1 fully saturated rings. The fourth-order valence-corrected chi connectivity index (χ4v) is 3.66. The molecule has 1 aromatic carbocycles. The van der Waals surface area contributed by atoms with Crippen LogP contribution >= 0.6 is 11.8 Å². The van der Waals surface area contributed by atoms with Crippen molar-refractivity contribution in [3.05, 3.63) is 35.9 Å². The second kappa shape index (κ2) is 6.44. The Morgan fingerprint density at radius 1 is 1.42 bits per heavy atom. The molecule has 19 heavy (non-hydrogen) atoms. The number of benzene rings is 1. The van der Waals surface area contributed by atoms with Crippen molar-refractivity contribution in [1.82, 2.24) is 4.90 Å². The smallest absolute Gasteiger partial charge is 0.312 e. The summed E-state index contributed by atoms with van der Waals surface area (Å²) in [4.78, 5) is 13.8. The first-order chi connectivity index (χ1) is 9.09. The van der Waals surface area contributed by atoms with Crippen LogP contribution in [-0.4, -0.2) is 46.1 Å². The van der Waals surface area contributed by atoms with Gasteiger partial charge in [-0.3, -0.25) is 9.69 Å². The Labute approximate surface area is 119 Å². The van der Waals surface area contributed by atoms with Gasteiger partial charge in [-0.2, -0.15) is 11.8 Å². The van der Waals surface area contributed by atoms with Crippen LogP contribution in [-0.2, 0) is 4.79 Å². The standard InChI is InChI=1S/C15H21NO2S/c1-11-12(2)19-9-8-16(11)10-14(15(17)18)13-6-4-3-5-7-13/h3-7,11-12,14H,8-10H2,1-2H3,(H,17,18). The van der Waals surface area contributed by atoms with Gasteiger partial charge in [0.05, 0.1) is 5.92 Å². The third kappa shape index (κ3) is 3.51. The van der Waals surface area contributed by atoms with Crippen molar-refractivity contribution < 1.29 is 9.90 Å². The number of hydrogen-bond acceptors (Lipinski definition) is 3. The summed E-state index contributed by atoms with van der Waals surface area (Å²) in [5.74, 6) is -0.0738. The average Bonchev–Trinajstić information content (AvgIpc) is 2.41. The first-order valence-corrected chi connectivity index (χ1v) is 7.78. The molecule has 0 aromatic heterocycles. The van der Waals surface area contributed by atoms with Crippen molar-refractivity contribution in [3.8, 4) is 0 Å². The zero-order chi connectivity index (χ0) is 13.8. The predicted molar refractivity (Wildman–Crippen MR) is 79.8 cm³/mol. The van der Waals surface area contributed by atoms with Crippen molar-refractivity contribution in [2.45, 2.75) is 31.1 Å². The minimum Gasteiger partial charge on any atom is -0.481 e. The summed E-state index contributed by atoms with van der Waals surface area (Å²) in [7, 11) is 0. The van der Waals surface area contributed by atoms with E-state index in [0.29, 0.717) is 17.8 Å². The van der Waals surface area contributed by atoms with Crippen LogP contribution < -0.4 is 0 Å². The summed E-state index contributed by atoms with van der Waals surface area (Å²) < 4.78 is 0. The Balaban J connectivity index is 2.11. The molecule has 3 nitrogen and oxygen atoms in total. The molecule has 1 saturated heterocycles. The fourth-order valence-electron chi connectivity index (χ4n) is 2.50. The first kappa shape index (κ1) is 14.4. The highest BCUT2D eigenvalue weighted by Crippen LogP contribution is 2.27. The molecular formula is C15H21NO2S. The number of hydrogen-bond donors (Lipinski definition) is 1. The van der Waals surface area contributed by atoms with Crippen molar-refractivity contribution >= 4 is 17.7 Å². The highest BCUT2D eigenvalue weighted by molar-refractivity contribution is 8.00. The first-order valence-electron chi connectivity index (χ1n) is 6.73. The van der Waals surface area contributed by atoms with Crippen molar-refractivity contribution in [2.24, 2.45) is 0 Å². The van der Waals surface area contributed by atoms with Crippen LogP contribution in [0.15, 0.2) is 30.3 Å². The Hall–Kier alpha value is -1.00. The number of rotatable bonds is 4. The number of aliphatic carboxylic acids is 1. The van der Waals surface area contributed by atoms with E-state index >= 15 is 0 Å². The molecule has 0 amide bonds. The van der Waals surface area contributed by atoms with E-state index in [1.54, 1.807) is 0 Å². The summed E-state index contributed by atoms with van der Waals surface area (Å²) >= 11 is 1.97. The molecule has 4 heteroatoms. The molecule has 104 valence electrons. The third-order valence-corrected chi connectivity index (χ3v) is 5.27. The largest absolute Gasteiger partial charge is 0.481 e. The highest BCUT2D eigenvalue weighted by atomic mass is 32.2. The van der Waals surface area contributed by atoms with Gasteiger partial charge in [0.1, 0.15) is 0 Å². The monoisotopic (exact) mass is 279 g/mol. The van der Waals surface area contributed by atoms with E-state index in [4.69, 9.17) is 0 Å². The van der Waals surface area contributed by atoms with Gasteiger partial charge in [0.15, 0.2) is 0 Å². The van der Waals surface area contributed by atoms with Crippen molar-refractivity contribution in [3.63, 3.8) is 0 Å². The highest BCUT2D eigenvalue weighted by Gasteiger charge is 2.30. The summed E-state index contributed by atoms with van der Waals surface area (Å²) in [6.45, 7) is 6.00. The minimum atomic E-state index is -0.732. The lowest BCUT2D eigenvalue weighted by atomic mass is 9.98. The second-order valence-corrected chi connectivity index (χ2v) is 6.60. The van der Waals surface area contributed by atoms with E-state index in [9.17, 15) is 9.90 Å². The fraction of sp³-hybridized carbons (Fsp3) is 0.533. The van der Waals surface area contributed by atoms with Crippen molar-refractivity contribution in [2.75, 3.05) is 18.8 Å². The third-order valence-electron chi connectivity index (χ3n) is 3.93.